The van der Waals surface area contributed by atoms with Gasteiger partial charge in [0.15, 0.2) is 0 Å². The second kappa shape index (κ2) is 13.8. The number of piperazine rings is 1. The van der Waals surface area contributed by atoms with E-state index in [0.717, 1.165) is 32.7 Å². The first kappa shape index (κ1) is 24.6. The number of hydrogen-bond acceptors (Lipinski definition) is 5. The van der Waals surface area contributed by atoms with E-state index in [1.807, 2.05) is 18.2 Å². The first-order valence-corrected chi connectivity index (χ1v) is 8.55. The Balaban J connectivity index is 0.00000288. The van der Waals surface area contributed by atoms with Crippen LogP contribution in [0.15, 0.2) is 30.3 Å². The molecule has 0 amide bonds. The van der Waals surface area contributed by atoms with Crippen LogP contribution in [0.4, 0.5) is 0 Å². The highest BCUT2D eigenvalue weighted by molar-refractivity contribution is 5.85. The van der Waals surface area contributed by atoms with Gasteiger partial charge in [-0.15, -0.1) is 24.8 Å². The summed E-state index contributed by atoms with van der Waals surface area (Å²) in [4.78, 5) is 4.52. The van der Waals surface area contributed by atoms with E-state index in [2.05, 4.69) is 28.9 Å². The monoisotopic (exact) mass is 394 g/mol. The van der Waals surface area contributed by atoms with E-state index in [4.69, 9.17) is 9.84 Å². The fourth-order valence-electron chi connectivity index (χ4n) is 2.95. The number of rotatable bonds is 9. The van der Waals surface area contributed by atoms with E-state index in [-0.39, 0.29) is 31.4 Å². The Hall–Kier alpha value is -0.400. The molecule has 0 radical (unpaired) electrons. The maximum absolute atomic E-state index is 10.1. The van der Waals surface area contributed by atoms with Gasteiger partial charge in [0.2, 0.25) is 0 Å². The normalized spacial score (nSPS) is 18.0. The predicted octanol–water partition coefficient (Wildman–Crippen LogP) is 1.62. The van der Waals surface area contributed by atoms with Crippen molar-refractivity contribution >= 4 is 24.8 Å². The lowest BCUT2D eigenvalue weighted by atomic mass is 10.0. The summed E-state index contributed by atoms with van der Waals surface area (Å²) in [5.41, 5.74) is 1.27. The molecule has 0 aromatic heterocycles. The minimum Gasteiger partial charge on any atom is -0.395 e. The zero-order valence-electron chi connectivity index (χ0n) is 14.9. The van der Waals surface area contributed by atoms with E-state index in [1.165, 1.54) is 5.56 Å². The summed E-state index contributed by atoms with van der Waals surface area (Å²) >= 11 is 0. The van der Waals surface area contributed by atoms with Gasteiger partial charge < -0.3 is 14.9 Å². The van der Waals surface area contributed by atoms with Crippen LogP contribution < -0.4 is 0 Å². The van der Waals surface area contributed by atoms with E-state index in [9.17, 15) is 5.11 Å². The van der Waals surface area contributed by atoms with Crippen molar-refractivity contribution in [3.8, 4) is 0 Å². The predicted molar refractivity (Wildman–Crippen MR) is 106 cm³/mol. The Labute approximate surface area is 163 Å². The molecule has 2 N–H and O–H groups in total. The molecule has 0 bridgehead atoms. The topological polar surface area (TPSA) is 56.2 Å². The molecule has 1 aliphatic heterocycles. The number of ether oxygens (including phenoxy) is 1. The highest BCUT2D eigenvalue weighted by atomic mass is 35.5. The summed E-state index contributed by atoms with van der Waals surface area (Å²) in [5, 5.41) is 19.1. The third-order valence-electron chi connectivity index (χ3n) is 4.40. The third kappa shape index (κ3) is 9.20. The van der Waals surface area contributed by atoms with Gasteiger partial charge in [-0.1, -0.05) is 37.3 Å². The van der Waals surface area contributed by atoms with Crippen LogP contribution in [0.1, 0.15) is 18.4 Å². The van der Waals surface area contributed by atoms with Crippen LogP contribution in [-0.2, 0) is 4.74 Å². The first-order chi connectivity index (χ1) is 11.2. The molecule has 2 rings (SSSR count). The number of β-amino-alcohol motifs (C(OH)–C–C–N with tert-alkyl or cyclic N) is 2. The standard InChI is InChI=1S/C18H30N2O3.2ClH/c1-16(17-5-3-2-4-6-17)14-23-15-18(22)13-20-9-7-19(8-10-20)11-12-21;;/h2-6,16,18,21-22H,7-15H2,1H3;2*1H. The minimum atomic E-state index is -0.442. The second-order valence-electron chi connectivity index (χ2n) is 6.37. The van der Waals surface area contributed by atoms with Gasteiger partial charge in [-0.05, 0) is 5.56 Å². The van der Waals surface area contributed by atoms with Gasteiger partial charge >= 0.3 is 0 Å². The molecule has 2 atom stereocenters. The molecule has 1 aromatic rings. The van der Waals surface area contributed by atoms with E-state index >= 15 is 0 Å². The number of nitrogens with zero attached hydrogens (tertiary/aromatic N) is 2. The van der Waals surface area contributed by atoms with Crippen molar-refractivity contribution < 1.29 is 14.9 Å². The van der Waals surface area contributed by atoms with Crippen molar-refractivity contribution in [2.45, 2.75) is 18.9 Å². The van der Waals surface area contributed by atoms with Crippen LogP contribution >= 0.6 is 24.8 Å². The number of benzene rings is 1. The Morgan fingerprint density at radius 2 is 1.60 bits per heavy atom. The molecule has 1 fully saturated rings. The summed E-state index contributed by atoms with van der Waals surface area (Å²) in [6, 6.07) is 10.3. The van der Waals surface area contributed by atoms with Crippen molar-refractivity contribution in [3.05, 3.63) is 35.9 Å². The summed E-state index contributed by atoms with van der Waals surface area (Å²) in [5.74, 6) is 0.338. The minimum absolute atomic E-state index is 0. The molecule has 1 saturated heterocycles. The Kier molecular flexibility index (Phi) is 13.5. The summed E-state index contributed by atoms with van der Waals surface area (Å²) in [6.45, 7) is 8.58. The maximum Gasteiger partial charge on any atom is 0.0900 e. The molecule has 0 spiro atoms. The molecule has 5 nitrogen and oxygen atoms in total. The summed E-state index contributed by atoms with van der Waals surface area (Å²) in [6.07, 6.45) is -0.442. The molecule has 25 heavy (non-hydrogen) atoms. The number of aliphatic hydroxyl groups excluding tert-OH is 2. The molecule has 2 unspecified atom stereocenters. The summed E-state index contributed by atoms with van der Waals surface area (Å²) in [7, 11) is 0. The zero-order chi connectivity index (χ0) is 16.5. The SMILES string of the molecule is CC(COCC(O)CN1CCN(CCO)CC1)c1ccccc1.Cl.Cl. The first-order valence-electron chi connectivity index (χ1n) is 8.55. The Bertz CT molecular complexity index is 432. The molecular weight excluding hydrogens is 363 g/mol. The average Bonchev–Trinajstić information content (AvgIpc) is 2.57. The van der Waals surface area contributed by atoms with Crippen LogP contribution in [0.3, 0.4) is 0 Å². The third-order valence-corrected chi connectivity index (χ3v) is 4.40. The van der Waals surface area contributed by atoms with Crippen molar-refractivity contribution in [1.82, 2.24) is 9.80 Å². The molecule has 7 heteroatoms. The van der Waals surface area contributed by atoms with E-state index in [0.29, 0.717) is 25.7 Å². The Morgan fingerprint density at radius 1 is 1.00 bits per heavy atom. The molecule has 1 aliphatic rings. The lowest BCUT2D eigenvalue weighted by Crippen LogP contribution is -2.49. The van der Waals surface area contributed by atoms with Crippen LogP contribution in [0.5, 0.6) is 0 Å². The van der Waals surface area contributed by atoms with Crippen LogP contribution in [-0.4, -0.2) is 85.2 Å². The quantitative estimate of drug-likeness (QED) is 0.666. The van der Waals surface area contributed by atoms with E-state index in [1.54, 1.807) is 0 Å². The molecule has 1 aromatic carbocycles. The maximum atomic E-state index is 10.1. The van der Waals surface area contributed by atoms with Gasteiger partial charge in [0, 0.05) is 45.2 Å². The van der Waals surface area contributed by atoms with Crippen molar-refractivity contribution in [2.75, 3.05) is 59.1 Å². The average molecular weight is 395 g/mol. The molecule has 0 saturated carbocycles. The van der Waals surface area contributed by atoms with Gasteiger partial charge in [0.05, 0.1) is 25.9 Å². The highest BCUT2D eigenvalue weighted by Crippen LogP contribution is 2.14. The lowest BCUT2D eigenvalue weighted by molar-refractivity contribution is 0.00325. The number of hydrogen-bond donors (Lipinski definition) is 2. The van der Waals surface area contributed by atoms with Crippen LogP contribution in [0.2, 0.25) is 0 Å². The number of aliphatic hydroxyl groups is 2. The van der Waals surface area contributed by atoms with Gasteiger partial charge in [-0.3, -0.25) is 9.80 Å². The molecule has 0 aliphatic carbocycles. The molecular formula is C18H32Cl2N2O3. The Morgan fingerprint density at radius 3 is 2.20 bits per heavy atom. The van der Waals surface area contributed by atoms with Crippen LogP contribution in [0.25, 0.3) is 0 Å². The smallest absolute Gasteiger partial charge is 0.0900 e. The zero-order valence-corrected chi connectivity index (χ0v) is 16.6. The lowest BCUT2D eigenvalue weighted by Gasteiger charge is -2.35. The fraction of sp³-hybridized carbons (Fsp3) is 0.667. The van der Waals surface area contributed by atoms with Crippen molar-refractivity contribution in [1.29, 1.82) is 0 Å². The van der Waals surface area contributed by atoms with Crippen molar-refractivity contribution in [2.24, 2.45) is 0 Å². The van der Waals surface area contributed by atoms with Gasteiger partial charge in [-0.2, -0.15) is 0 Å². The van der Waals surface area contributed by atoms with E-state index < -0.39 is 6.10 Å². The molecule has 146 valence electrons. The molecule has 1 heterocycles. The summed E-state index contributed by atoms with van der Waals surface area (Å²) < 4.78 is 5.69. The van der Waals surface area contributed by atoms with Crippen LogP contribution in [0, 0.1) is 0 Å². The van der Waals surface area contributed by atoms with Gasteiger partial charge in [-0.25, -0.2) is 0 Å². The van der Waals surface area contributed by atoms with Crippen molar-refractivity contribution in [3.63, 3.8) is 0 Å². The second-order valence-corrected chi connectivity index (χ2v) is 6.37. The highest BCUT2D eigenvalue weighted by Gasteiger charge is 2.19. The fourth-order valence-corrected chi connectivity index (χ4v) is 2.95. The number of halogens is 2. The van der Waals surface area contributed by atoms with Gasteiger partial charge in [0.25, 0.3) is 0 Å². The van der Waals surface area contributed by atoms with Gasteiger partial charge in [0.1, 0.15) is 0 Å². The largest absolute Gasteiger partial charge is 0.395 e.